The fourth-order valence-electron chi connectivity index (χ4n) is 2.68. The maximum Gasteiger partial charge on any atom is 0.307 e. The van der Waals surface area contributed by atoms with Gasteiger partial charge >= 0.3 is 5.97 Å². The Kier molecular flexibility index (Phi) is 4.55. The number of rotatable bonds is 4. The number of benzene rings is 1. The van der Waals surface area contributed by atoms with Gasteiger partial charge in [-0.15, -0.1) is 0 Å². The van der Waals surface area contributed by atoms with E-state index in [1.807, 2.05) is 13.0 Å². The van der Waals surface area contributed by atoms with Gasteiger partial charge in [0.15, 0.2) is 11.5 Å². The highest BCUT2D eigenvalue weighted by Crippen LogP contribution is 2.43. The van der Waals surface area contributed by atoms with Crippen molar-refractivity contribution in [3.63, 3.8) is 0 Å². The van der Waals surface area contributed by atoms with Crippen molar-refractivity contribution in [2.45, 2.75) is 19.4 Å². The van der Waals surface area contributed by atoms with Gasteiger partial charge in [0.2, 0.25) is 0 Å². The van der Waals surface area contributed by atoms with Crippen LogP contribution in [-0.2, 0) is 4.79 Å². The van der Waals surface area contributed by atoms with Gasteiger partial charge in [-0.3, -0.25) is 4.79 Å². The molecule has 1 saturated heterocycles. The second-order valence-corrected chi connectivity index (χ2v) is 5.73. The summed E-state index contributed by atoms with van der Waals surface area (Å²) >= 11 is 3.48. The maximum atomic E-state index is 11.1. The van der Waals surface area contributed by atoms with E-state index in [2.05, 4.69) is 21.2 Å². The quantitative estimate of drug-likeness (QED) is 0.879. The third-order valence-electron chi connectivity index (χ3n) is 3.74. The van der Waals surface area contributed by atoms with Crippen LogP contribution in [0.25, 0.3) is 0 Å². The van der Waals surface area contributed by atoms with Crippen LogP contribution in [0.3, 0.4) is 0 Å². The van der Waals surface area contributed by atoms with Crippen LogP contribution >= 0.6 is 15.9 Å². The number of methoxy groups -OCH3 is 2. The number of hydrogen-bond donors (Lipinski definition) is 2. The molecule has 2 unspecified atom stereocenters. The number of nitrogens with one attached hydrogen (secondary N) is 1. The van der Waals surface area contributed by atoms with Gasteiger partial charge in [0.05, 0.1) is 24.6 Å². The molecule has 1 aromatic rings. The Hall–Kier alpha value is -1.27. The van der Waals surface area contributed by atoms with Crippen LogP contribution in [0.5, 0.6) is 11.5 Å². The predicted octanol–water partition coefficient (Wildman–Crippen LogP) is 2.51. The first-order valence-corrected chi connectivity index (χ1v) is 7.16. The minimum atomic E-state index is -0.753. The number of hydrogen-bond acceptors (Lipinski definition) is 4. The second-order valence-electron chi connectivity index (χ2n) is 4.87. The molecule has 2 atom stereocenters. The molecule has 1 aliphatic heterocycles. The monoisotopic (exact) mass is 343 g/mol. The van der Waals surface area contributed by atoms with Gasteiger partial charge in [-0.1, -0.05) is 0 Å². The molecule has 5 nitrogen and oxygen atoms in total. The third kappa shape index (κ3) is 2.62. The van der Waals surface area contributed by atoms with Gasteiger partial charge in [-0.05, 0) is 46.5 Å². The molecular weight excluding hydrogens is 326 g/mol. The van der Waals surface area contributed by atoms with Gasteiger partial charge in [0, 0.05) is 12.6 Å². The number of halogens is 1. The van der Waals surface area contributed by atoms with Crippen molar-refractivity contribution >= 4 is 21.9 Å². The molecule has 6 heteroatoms. The summed E-state index contributed by atoms with van der Waals surface area (Å²) in [7, 11) is 3.19. The Morgan fingerprint density at radius 1 is 1.40 bits per heavy atom. The predicted molar refractivity (Wildman–Crippen MR) is 78.5 cm³/mol. The molecule has 0 radical (unpaired) electrons. The first-order valence-electron chi connectivity index (χ1n) is 6.36. The topological polar surface area (TPSA) is 67.8 Å². The van der Waals surface area contributed by atoms with E-state index < -0.39 is 5.97 Å². The van der Waals surface area contributed by atoms with E-state index in [0.717, 1.165) is 15.6 Å². The Morgan fingerprint density at radius 2 is 2.05 bits per heavy atom. The largest absolute Gasteiger partial charge is 0.493 e. The Morgan fingerprint density at radius 3 is 2.55 bits per heavy atom. The Labute approximate surface area is 126 Å². The minimum absolute atomic E-state index is 0.0206. The van der Waals surface area contributed by atoms with E-state index in [0.29, 0.717) is 24.5 Å². The molecule has 2 N–H and O–H groups in total. The van der Waals surface area contributed by atoms with Gasteiger partial charge in [-0.2, -0.15) is 0 Å². The van der Waals surface area contributed by atoms with Crippen LogP contribution in [0.2, 0.25) is 0 Å². The van der Waals surface area contributed by atoms with Crippen LogP contribution in [0.4, 0.5) is 0 Å². The molecule has 0 amide bonds. The van der Waals surface area contributed by atoms with Crippen molar-refractivity contribution in [3.8, 4) is 11.5 Å². The highest BCUT2D eigenvalue weighted by Gasteiger charge is 2.32. The van der Waals surface area contributed by atoms with Gasteiger partial charge in [-0.25, -0.2) is 0 Å². The molecular formula is C14H18BrNO4. The maximum absolute atomic E-state index is 11.1. The molecule has 0 bridgehead atoms. The molecule has 0 aromatic heterocycles. The number of aliphatic carboxylic acids is 1. The van der Waals surface area contributed by atoms with Crippen LogP contribution < -0.4 is 14.8 Å². The van der Waals surface area contributed by atoms with Crippen LogP contribution in [0, 0.1) is 12.8 Å². The summed E-state index contributed by atoms with van der Waals surface area (Å²) in [6.45, 7) is 2.45. The van der Waals surface area contributed by atoms with Crippen molar-refractivity contribution in [2.24, 2.45) is 5.92 Å². The van der Waals surface area contributed by atoms with E-state index in [-0.39, 0.29) is 12.0 Å². The van der Waals surface area contributed by atoms with Crippen molar-refractivity contribution in [2.75, 3.05) is 20.8 Å². The molecule has 20 heavy (non-hydrogen) atoms. The molecule has 0 spiro atoms. The number of carboxylic acids is 1. The first-order chi connectivity index (χ1) is 9.49. The summed E-state index contributed by atoms with van der Waals surface area (Å²) in [5.41, 5.74) is 2.01. The van der Waals surface area contributed by atoms with Crippen molar-refractivity contribution in [1.82, 2.24) is 5.32 Å². The van der Waals surface area contributed by atoms with Gasteiger partial charge < -0.3 is 19.9 Å². The standard InChI is InChI=1S/C14H18BrNO4/c1-7-9(11-4-8(6-16-11)14(17)18)5-10(15)13(20-3)12(7)19-2/h5,8,11,16H,4,6H2,1-3H3,(H,17,18). The summed E-state index contributed by atoms with van der Waals surface area (Å²) in [6, 6.07) is 1.99. The van der Waals surface area contributed by atoms with Crippen molar-refractivity contribution < 1.29 is 19.4 Å². The van der Waals surface area contributed by atoms with E-state index in [4.69, 9.17) is 14.6 Å². The Bertz CT molecular complexity index is 532. The molecule has 0 aliphatic carbocycles. The minimum Gasteiger partial charge on any atom is -0.493 e. The molecule has 1 heterocycles. The molecule has 1 aromatic carbocycles. The summed E-state index contributed by atoms with van der Waals surface area (Å²) in [6.07, 6.45) is 0.581. The number of ether oxygens (including phenoxy) is 2. The zero-order valence-electron chi connectivity index (χ0n) is 11.7. The zero-order valence-corrected chi connectivity index (χ0v) is 13.3. The normalized spacial score (nSPS) is 21.8. The smallest absolute Gasteiger partial charge is 0.307 e. The molecule has 0 saturated carbocycles. The van der Waals surface area contributed by atoms with E-state index in [1.165, 1.54) is 0 Å². The fraction of sp³-hybridized carbons (Fsp3) is 0.500. The molecule has 2 rings (SSSR count). The average Bonchev–Trinajstić information content (AvgIpc) is 2.90. The third-order valence-corrected chi connectivity index (χ3v) is 4.33. The number of carbonyl (C=O) groups is 1. The lowest BCUT2D eigenvalue weighted by Crippen LogP contribution is -2.17. The summed E-state index contributed by atoms with van der Waals surface area (Å²) in [5, 5.41) is 12.4. The second kappa shape index (κ2) is 6.01. The highest BCUT2D eigenvalue weighted by molar-refractivity contribution is 9.10. The van der Waals surface area contributed by atoms with E-state index in [9.17, 15) is 4.79 Å². The number of carboxylic acid groups (broad SMARTS) is 1. The molecule has 1 fully saturated rings. The molecule has 110 valence electrons. The highest BCUT2D eigenvalue weighted by atomic mass is 79.9. The van der Waals surface area contributed by atoms with Crippen molar-refractivity contribution in [3.05, 3.63) is 21.7 Å². The Balaban J connectivity index is 2.38. The summed E-state index contributed by atoms with van der Waals surface area (Å²) in [5.74, 6) is 0.238. The van der Waals surface area contributed by atoms with Crippen LogP contribution in [0.1, 0.15) is 23.6 Å². The lowest BCUT2D eigenvalue weighted by Gasteiger charge is -2.20. The van der Waals surface area contributed by atoms with E-state index >= 15 is 0 Å². The summed E-state index contributed by atoms with van der Waals surface area (Å²) < 4.78 is 11.6. The molecule has 1 aliphatic rings. The van der Waals surface area contributed by atoms with Crippen LogP contribution in [-0.4, -0.2) is 31.8 Å². The summed E-state index contributed by atoms with van der Waals surface area (Å²) in [4.78, 5) is 11.1. The first kappa shape index (κ1) is 15.1. The van der Waals surface area contributed by atoms with Crippen molar-refractivity contribution in [1.29, 1.82) is 0 Å². The SMILES string of the molecule is COc1c(Br)cc(C2CC(C(=O)O)CN2)c(C)c1OC. The lowest BCUT2D eigenvalue weighted by molar-refractivity contribution is -0.141. The lowest BCUT2D eigenvalue weighted by atomic mass is 9.96. The van der Waals surface area contributed by atoms with Gasteiger partial charge in [0.1, 0.15) is 0 Å². The average molecular weight is 344 g/mol. The van der Waals surface area contributed by atoms with Gasteiger partial charge in [0.25, 0.3) is 0 Å². The fourth-order valence-corrected chi connectivity index (χ4v) is 3.27. The van der Waals surface area contributed by atoms with E-state index in [1.54, 1.807) is 14.2 Å². The van der Waals surface area contributed by atoms with Crippen LogP contribution in [0.15, 0.2) is 10.5 Å². The zero-order chi connectivity index (χ0) is 14.9.